The molecular weight excluding hydrogens is 198 g/mol. The summed E-state index contributed by atoms with van der Waals surface area (Å²) in [5.74, 6) is 1.63. The molecule has 0 spiro atoms. The van der Waals surface area contributed by atoms with E-state index >= 15 is 0 Å². The van der Waals surface area contributed by atoms with Crippen molar-refractivity contribution in [2.45, 2.75) is 33.2 Å². The summed E-state index contributed by atoms with van der Waals surface area (Å²) in [4.78, 5) is 0. The SMILES string of the molecule is COc1ccc(CC(C)NCC(C)C)cc1. The van der Waals surface area contributed by atoms with Crippen LogP contribution >= 0.6 is 0 Å². The van der Waals surface area contributed by atoms with Gasteiger partial charge in [0.1, 0.15) is 5.75 Å². The fourth-order valence-electron chi connectivity index (χ4n) is 1.62. The van der Waals surface area contributed by atoms with Crippen molar-refractivity contribution >= 4 is 0 Å². The van der Waals surface area contributed by atoms with Gasteiger partial charge < -0.3 is 10.1 Å². The normalized spacial score (nSPS) is 12.8. The third kappa shape index (κ3) is 4.67. The molecule has 1 atom stereocenters. The second-order valence-electron chi connectivity index (χ2n) is 4.76. The molecule has 1 N–H and O–H groups in total. The van der Waals surface area contributed by atoms with E-state index in [1.165, 1.54) is 5.56 Å². The Labute approximate surface area is 99.0 Å². The van der Waals surface area contributed by atoms with Gasteiger partial charge in [-0.1, -0.05) is 26.0 Å². The summed E-state index contributed by atoms with van der Waals surface area (Å²) in [7, 11) is 1.70. The highest BCUT2D eigenvalue weighted by Crippen LogP contribution is 2.12. The van der Waals surface area contributed by atoms with Crippen LogP contribution < -0.4 is 10.1 Å². The zero-order valence-corrected chi connectivity index (χ0v) is 10.8. The van der Waals surface area contributed by atoms with Gasteiger partial charge in [0, 0.05) is 6.04 Å². The van der Waals surface area contributed by atoms with Gasteiger partial charge in [-0.05, 0) is 43.5 Å². The Hall–Kier alpha value is -1.02. The van der Waals surface area contributed by atoms with Gasteiger partial charge in [0.05, 0.1) is 7.11 Å². The van der Waals surface area contributed by atoms with Gasteiger partial charge >= 0.3 is 0 Å². The van der Waals surface area contributed by atoms with E-state index in [-0.39, 0.29) is 0 Å². The first-order chi connectivity index (χ1) is 7.61. The summed E-state index contributed by atoms with van der Waals surface area (Å²) < 4.78 is 5.14. The van der Waals surface area contributed by atoms with E-state index in [1.807, 2.05) is 12.1 Å². The fraction of sp³-hybridized carbons (Fsp3) is 0.571. The molecule has 0 saturated carbocycles. The van der Waals surface area contributed by atoms with Gasteiger partial charge in [-0.15, -0.1) is 0 Å². The van der Waals surface area contributed by atoms with Crippen molar-refractivity contribution < 1.29 is 4.74 Å². The molecular formula is C14H23NO. The van der Waals surface area contributed by atoms with Gasteiger partial charge in [-0.3, -0.25) is 0 Å². The van der Waals surface area contributed by atoms with Crippen LogP contribution in [0.25, 0.3) is 0 Å². The molecule has 1 rings (SSSR count). The van der Waals surface area contributed by atoms with Crippen molar-refractivity contribution in [2.24, 2.45) is 5.92 Å². The van der Waals surface area contributed by atoms with Crippen LogP contribution in [0.15, 0.2) is 24.3 Å². The largest absolute Gasteiger partial charge is 0.497 e. The first kappa shape index (κ1) is 13.0. The first-order valence-corrected chi connectivity index (χ1v) is 5.98. The van der Waals surface area contributed by atoms with Crippen LogP contribution in [0.1, 0.15) is 26.3 Å². The molecule has 0 saturated heterocycles. The van der Waals surface area contributed by atoms with E-state index in [9.17, 15) is 0 Å². The monoisotopic (exact) mass is 221 g/mol. The summed E-state index contributed by atoms with van der Waals surface area (Å²) in [5.41, 5.74) is 1.35. The van der Waals surface area contributed by atoms with Gasteiger partial charge in [-0.25, -0.2) is 0 Å². The minimum absolute atomic E-state index is 0.524. The number of methoxy groups -OCH3 is 1. The van der Waals surface area contributed by atoms with E-state index in [0.717, 1.165) is 18.7 Å². The van der Waals surface area contributed by atoms with Gasteiger partial charge in [0.15, 0.2) is 0 Å². The highest BCUT2D eigenvalue weighted by atomic mass is 16.5. The number of benzene rings is 1. The first-order valence-electron chi connectivity index (χ1n) is 5.98. The summed E-state index contributed by atoms with van der Waals surface area (Å²) in [6.07, 6.45) is 1.07. The van der Waals surface area contributed by atoms with E-state index in [2.05, 4.69) is 38.2 Å². The second-order valence-corrected chi connectivity index (χ2v) is 4.76. The van der Waals surface area contributed by atoms with E-state index in [1.54, 1.807) is 7.11 Å². The molecule has 2 heteroatoms. The maximum atomic E-state index is 5.14. The molecule has 0 aliphatic heterocycles. The topological polar surface area (TPSA) is 21.3 Å². The lowest BCUT2D eigenvalue weighted by Crippen LogP contribution is -2.31. The minimum atomic E-state index is 0.524. The highest BCUT2D eigenvalue weighted by Gasteiger charge is 2.04. The zero-order chi connectivity index (χ0) is 12.0. The molecule has 16 heavy (non-hydrogen) atoms. The molecule has 0 aliphatic carbocycles. The predicted octanol–water partition coefficient (Wildman–Crippen LogP) is 2.87. The fourth-order valence-corrected chi connectivity index (χ4v) is 1.62. The lowest BCUT2D eigenvalue weighted by atomic mass is 10.1. The average Bonchev–Trinajstić information content (AvgIpc) is 2.27. The zero-order valence-electron chi connectivity index (χ0n) is 10.8. The van der Waals surface area contributed by atoms with Crippen LogP contribution in [0.4, 0.5) is 0 Å². The Morgan fingerprint density at radius 2 is 1.75 bits per heavy atom. The summed E-state index contributed by atoms with van der Waals surface area (Å²) in [5, 5.41) is 3.53. The van der Waals surface area contributed by atoms with Crippen LogP contribution in [0, 0.1) is 5.92 Å². The number of rotatable bonds is 6. The standard InChI is InChI=1S/C14H23NO/c1-11(2)10-15-12(3)9-13-5-7-14(16-4)8-6-13/h5-8,11-12,15H,9-10H2,1-4H3. The van der Waals surface area contributed by atoms with E-state index in [0.29, 0.717) is 12.0 Å². The quantitative estimate of drug-likeness (QED) is 0.797. The molecule has 0 amide bonds. The number of nitrogens with one attached hydrogen (secondary N) is 1. The van der Waals surface area contributed by atoms with E-state index < -0.39 is 0 Å². The number of hydrogen-bond acceptors (Lipinski definition) is 2. The number of hydrogen-bond donors (Lipinski definition) is 1. The van der Waals surface area contributed by atoms with Crippen molar-refractivity contribution in [1.29, 1.82) is 0 Å². The molecule has 1 aromatic carbocycles. The molecule has 0 bridgehead atoms. The molecule has 90 valence electrons. The van der Waals surface area contributed by atoms with Crippen molar-refractivity contribution in [3.63, 3.8) is 0 Å². The number of ether oxygens (including phenoxy) is 1. The Balaban J connectivity index is 2.40. The summed E-state index contributed by atoms with van der Waals surface area (Å²) in [6, 6.07) is 8.82. The molecule has 1 unspecified atom stereocenters. The van der Waals surface area contributed by atoms with Gasteiger partial charge in [-0.2, -0.15) is 0 Å². The molecule has 0 aromatic heterocycles. The van der Waals surface area contributed by atoms with Crippen LogP contribution in [0.3, 0.4) is 0 Å². The van der Waals surface area contributed by atoms with Crippen molar-refractivity contribution in [3.8, 4) is 5.75 Å². The molecule has 1 aromatic rings. The van der Waals surface area contributed by atoms with Crippen molar-refractivity contribution in [2.75, 3.05) is 13.7 Å². The molecule has 0 fully saturated rings. The lowest BCUT2D eigenvalue weighted by Gasteiger charge is -2.15. The minimum Gasteiger partial charge on any atom is -0.497 e. The van der Waals surface area contributed by atoms with Crippen molar-refractivity contribution in [3.05, 3.63) is 29.8 Å². The molecule has 0 radical (unpaired) electrons. The Bertz CT molecular complexity index is 292. The van der Waals surface area contributed by atoms with E-state index in [4.69, 9.17) is 4.74 Å². The highest BCUT2D eigenvalue weighted by molar-refractivity contribution is 5.27. The molecule has 0 heterocycles. The molecule has 2 nitrogen and oxygen atoms in total. The molecule has 0 aliphatic rings. The third-order valence-electron chi connectivity index (χ3n) is 2.58. The van der Waals surface area contributed by atoms with Crippen LogP contribution in [-0.2, 0) is 6.42 Å². The maximum Gasteiger partial charge on any atom is 0.118 e. The third-order valence-corrected chi connectivity index (χ3v) is 2.58. The summed E-state index contributed by atoms with van der Waals surface area (Å²) in [6.45, 7) is 7.77. The summed E-state index contributed by atoms with van der Waals surface area (Å²) >= 11 is 0. The van der Waals surface area contributed by atoms with Crippen LogP contribution in [-0.4, -0.2) is 19.7 Å². The Kier molecular flexibility index (Phi) is 5.33. The van der Waals surface area contributed by atoms with Crippen LogP contribution in [0.5, 0.6) is 5.75 Å². The van der Waals surface area contributed by atoms with Gasteiger partial charge in [0.25, 0.3) is 0 Å². The Morgan fingerprint density at radius 1 is 1.12 bits per heavy atom. The second kappa shape index (κ2) is 6.54. The van der Waals surface area contributed by atoms with Gasteiger partial charge in [0.2, 0.25) is 0 Å². The van der Waals surface area contributed by atoms with Crippen molar-refractivity contribution in [1.82, 2.24) is 5.32 Å². The maximum absolute atomic E-state index is 5.14. The smallest absolute Gasteiger partial charge is 0.118 e. The Morgan fingerprint density at radius 3 is 2.25 bits per heavy atom. The van der Waals surface area contributed by atoms with Crippen LogP contribution in [0.2, 0.25) is 0 Å². The average molecular weight is 221 g/mol. The lowest BCUT2D eigenvalue weighted by molar-refractivity contribution is 0.414. The predicted molar refractivity (Wildman–Crippen MR) is 69.0 cm³/mol.